The van der Waals surface area contributed by atoms with Gasteiger partial charge in [0.15, 0.2) is 11.6 Å². The Kier molecular flexibility index (Phi) is 5.38. The molecule has 2 rings (SSSR count). The van der Waals surface area contributed by atoms with E-state index in [0.29, 0.717) is 18.4 Å². The molecule has 0 aromatic heterocycles. The van der Waals surface area contributed by atoms with E-state index in [0.717, 1.165) is 31.4 Å². The standard InChI is InChI=1S/C16H24FNO2/c1-3-20-14-8-12(9-14)7-13(18)6-11-4-5-16(19-2)15(17)10-11/h4-5,10,12-14H,3,6-9,18H2,1-2H3. The third-order valence-electron chi connectivity index (χ3n) is 3.94. The van der Waals surface area contributed by atoms with Gasteiger partial charge in [0.25, 0.3) is 0 Å². The van der Waals surface area contributed by atoms with E-state index in [1.807, 2.05) is 13.0 Å². The quantitative estimate of drug-likeness (QED) is 0.835. The molecule has 112 valence electrons. The lowest BCUT2D eigenvalue weighted by Crippen LogP contribution is -2.36. The lowest BCUT2D eigenvalue weighted by Gasteiger charge is -2.36. The second-order valence-corrected chi connectivity index (χ2v) is 5.58. The Hall–Kier alpha value is -1.13. The van der Waals surface area contributed by atoms with Gasteiger partial charge in [-0.15, -0.1) is 0 Å². The van der Waals surface area contributed by atoms with Crippen molar-refractivity contribution in [3.8, 4) is 5.75 Å². The fourth-order valence-electron chi connectivity index (χ4n) is 2.89. The first-order valence-electron chi connectivity index (χ1n) is 7.32. The molecule has 1 aromatic carbocycles. The number of nitrogens with two attached hydrogens (primary N) is 1. The van der Waals surface area contributed by atoms with E-state index in [-0.39, 0.29) is 17.6 Å². The van der Waals surface area contributed by atoms with Crippen molar-refractivity contribution in [3.63, 3.8) is 0 Å². The Morgan fingerprint density at radius 2 is 2.15 bits per heavy atom. The SMILES string of the molecule is CCOC1CC(CC(N)Cc2ccc(OC)c(F)c2)C1. The van der Waals surface area contributed by atoms with Crippen LogP contribution in [-0.4, -0.2) is 25.9 Å². The van der Waals surface area contributed by atoms with E-state index in [1.54, 1.807) is 6.07 Å². The lowest BCUT2D eigenvalue weighted by atomic mass is 9.77. The average Bonchev–Trinajstić information content (AvgIpc) is 2.36. The number of methoxy groups -OCH3 is 1. The molecule has 0 aliphatic heterocycles. The number of hydrogen-bond acceptors (Lipinski definition) is 3. The van der Waals surface area contributed by atoms with Crippen LogP contribution in [0.25, 0.3) is 0 Å². The van der Waals surface area contributed by atoms with E-state index < -0.39 is 0 Å². The predicted molar refractivity (Wildman–Crippen MR) is 77.4 cm³/mol. The molecule has 0 saturated heterocycles. The zero-order valence-corrected chi connectivity index (χ0v) is 12.3. The fourth-order valence-corrected chi connectivity index (χ4v) is 2.89. The van der Waals surface area contributed by atoms with Crippen molar-refractivity contribution in [1.29, 1.82) is 0 Å². The molecule has 0 radical (unpaired) electrons. The van der Waals surface area contributed by atoms with Crippen molar-refractivity contribution >= 4 is 0 Å². The minimum absolute atomic E-state index is 0.0790. The van der Waals surface area contributed by atoms with Crippen molar-refractivity contribution in [3.05, 3.63) is 29.6 Å². The summed E-state index contributed by atoms with van der Waals surface area (Å²) in [5.74, 6) is 0.614. The molecule has 2 N–H and O–H groups in total. The van der Waals surface area contributed by atoms with Gasteiger partial charge in [-0.2, -0.15) is 0 Å². The highest BCUT2D eigenvalue weighted by molar-refractivity contribution is 5.29. The van der Waals surface area contributed by atoms with Gasteiger partial charge in [-0.25, -0.2) is 4.39 Å². The number of hydrogen-bond donors (Lipinski definition) is 1. The molecule has 4 heteroatoms. The summed E-state index contributed by atoms with van der Waals surface area (Å²) in [7, 11) is 1.47. The second kappa shape index (κ2) is 7.04. The van der Waals surface area contributed by atoms with Crippen LogP contribution in [0.5, 0.6) is 5.75 Å². The first-order chi connectivity index (χ1) is 9.62. The Morgan fingerprint density at radius 3 is 2.75 bits per heavy atom. The second-order valence-electron chi connectivity index (χ2n) is 5.58. The normalized spacial score (nSPS) is 23.2. The Bertz CT molecular complexity index is 432. The summed E-state index contributed by atoms with van der Waals surface area (Å²) in [5, 5.41) is 0. The van der Waals surface area contributed by atoms with Crippen LogP contribution in [0.15, 0.2) is 18.2 Å². The maximum absolute atomic E-state index is 13.6. The number of benzene rings is 1. The van der Waals surface area contributed by atoms with E-state index in [2.05, 4.69) is 0 Å². The highest BCUT2D eigenvalue weighted by Crippen LogP contribution is 2.33. The molecule has 0 heterocycles. The van der Waals surface area contributed by atoms with Crippen LogP contribution >= 0.6 is 0 Å². The highest BCUT2D eigenvalue weighted by atomic mass is 19.1. The molecule has 0 spiro atoms. The van der Waals surface area contributed by atoms with Crippen LogP contribution in [0, 0.1) is 11.7 Å². The summed E-state index contributed by atoms with van der Waals surface area (Å²) in [6.45, 7) is 2.81. The zero-order chi connectivity index (χ0) is 14.5. The summed E-state index contributed by atoms with van der Waals surface area (Å²) < 4.78 is 24.0. The van der Waals surface area contributed by atoms with Crippen LogP contribution in [0.1, 0.15) is 31.7 Å². The van der Waals surface area contributed by atoms with Gasteiger partial charge in [-0.3, -0.25) is 0 Å². The summed E-state index contributed by atoms with van der Waals surface area (Å²) >= 11 is 0. The van der Waals surface area contributed by atoms with Crippen LogP contribution in [0.3, 0.4) is 0 Å². The number of rotatable bonds is 7. The van der Waals surface area contributed by atoms with Gasteiger partial charge in [0.1, 0.15) is 0 Å². The predicted octanol–water partition coefficient (Wildman–Crippen LogP) is 2.91. The Balaban J connectivity index is 1.77. The largest absolute Gasteiger partial charge is 0.494 e. The van der Waals surface area contributed by atoms with Crippen LogP contribution in [0.2, 0.25) is 0 Å². The van der Waals surface area contributed by atoms with Crippen molar-refractivity contribution < 1.29 is 13.9 Å². The van der Waals surface area contributed by atoms with E-state index >= 15 is 0 Å². The molecule has 1 fully saturated rings. The van der Waals surface area contributed by atoms with Gasteiger partial charge < -0.3 is 15.2 Å². The summed E-state index contributed by atoms with van der Waals surface area (Å²) in [6, 6.07) is 5.13. The number of halogens is 1. The third-order valence-corrected chi connectivity index (χ3v) is 3.94. The van der Waals surface area contributed by atoms with Crippen molar-refractivity contribution in [2.45, 2.75) is 44.8 Å². The molecule has 1 aliphatic rings. The van der Waals surface area contributed by atoms with Crippen molar-refractivity contribution in [1.82, 2.24) is 0 Å². The van der Waals surface area contributed by atoms with Crippen LogP contribution in [0.4, 0.5) is 4.39 Å². The molecule has 1 aromatic rings. The first kappa shape index (κ1) is 15.3. The molecular weight excluding hydrogens is 257 g/mol. The van der Waals surface area contributed by atoms with Crippen molar-refractivity contribution in [2.24, 2.45) is 11.7 Å². The summed E-state index contributed by atoms with van der Waals surface area (Å²) in [5.41, 5.74) is 7.09. The maximum atomic E-state index is 13.6. The topological polar surface area (TPSA) is 44.5 Å². The van der Waals surface area contributed by atoms with Crippen LogP contribution in [-0.2, 0) is 11.2 Å². The molecule has 3 nitrogen and oxygen atoms in total. The van der Waals surface area contributed by atoms with E-state index in [9.17, 15) is 4.39 Å². The Morgan fingerprint density at radius 1 is 1.40 bits per heavy atom. The summed E-state index contributed by atoms with van der Waals surface area (Å²) in [4.78, 5) is 0. The monoisotopic (exact) mass is 281 g/mol. The molecule has 1 unspecified atom stereocenters. The van der Waals surface area contributed by atoms with Crippen LogP contribution < -0.4 is 10.5 Å². The van der Waals surface area contributed by atoms with E-state index in [4.69, 9.17) is 15.2 Å². The van der Waals surface area contributed by atoms with Gasteiger partial charge in [-0.05, 0) is 56.2 Å². The van der Waals surface area contributed by atoms with Gasteiger partial charge in [0.05, 0.1) is 13.2 Å². The fraction of sp³-hybridized carbons (Fsp3) is 0.625. The molecular formula is C16H24FNO2. The summed E-state index contributed by atoms with van der Waals surface area (Å²) in [6.07, 6.45) is 4.33. The van der Waals surface area contributed by atoms with E-state index in [1.165, 1.54) is 13.2 Å². The van der Waals surface area contributed by atoms with Gasteiger partial charge in [0.2, 0.25) is 0 Å². The Labute approximate surface area is 120 Å². The number of ether oxygens (including phenoxy) is 2. The maximum Gasteiger partial charge on any atom is 0.165 e. The van der Waals surface area contributed by atoms with Gasteiger partial charge >= 0.3 is 0 Å². The zero-order valence-electron chi connectivity index (χ0n) is 12.3. The molecule has 0 amide bonds. The van der Waals surface area contributed by atoms with Crippen molar-refractivity contribution in [2.75, 3.05) is 13.7 Å². The average molecular weight is 281 g/mol. The molecule has 0 bridgehead atoms. The lowest BCUT2D eigenvalue weighted by molar-refractivity contribution is -0.0280. The molecule has 20 heavy (non-hydrogen) atoms. The minimum atomic E-state index is -0.322. The highest BCUT2D eigenvalue weighted by Gasteiger charge is 2.30. The first-order valence-corrected chi connectivity index (χ1v) is 7.32. The molecule has 1 saturated carbocycles. The third kappa shape index (κ3) is 3.93. The minimum Gasteiger partial charge on any atom is -0.494 e. The molecule has 1 aliphatic carbocycles. The molecule has 1 atom stereocenters. The smallest absolute Gasteiger partial charge is 0.165 e. The van der Waals surface area contributed by atoms with Gasteiger partial charge in [0, 0.05) is 12.6 Å². The van der Waals surface area contributed by atoms with Gasteiger partial charge in [-0.1, -0.05) is 6.07 Å².